The molecule has 0 bridgehead atoms. The highest BCUT2D eigenvalue weighted by Crippen LogP contribution is 2.23. The molecule has 0 radical (unpaired) electrons. The fourth-order valence-electron chi connectivity index (χ4n) is 3.60. The van der Waals surface area contributed by atoms with Crippen molar-refractivity contribution in [2.45, 2.75) is 26.8 Å². The molecule has 1 aliphatic rings. The van der Waals surface area contributed by atoms with Crippen LogP contribution in [0.2, 0.25) is 0 Å². The Bertz CT molecular complexity index is 782. The molecule has 1 unspecified atom stereocenters. The highest BCUT2D eigenvalue weighted by Gasteiger charge is 2.22. The number of nitrogens with zero attached hydrogens (tertiary/aromatic N) is 2. The number of benzene rings is 2. The summed E-state index contributed by atoms with van der Waals surface area (Å²) < 4.78 is 5.50. The second-order valence-corrected chi connectivity index (χ2v) is 7.33. The quantitative estimate of drug-likeness (QED) is 0.335. The highest BCUT2D eigenvalue weighted by atomic mass is 127. The van der Waals surface area contributed by atoms with Crippen LogP contribution in [0, 0.1) is 12.8 Å². The second-order valence-electron chi connectivity index (χ2n) is 7.33. The lowest BCUT2D eigenvalue weighted by molar-refractivity contribution is 0.409. The van der Waals surface area contributed by atoms with E-state index in [9.17, 15) is 0 Å². The number of guanidine groups is 1. The molecule has 2 N–H and O–H groups in total. The minimum atomic E-state index is 0. The molecule has 1 atom stereocenters. The number of rotatable bonds is 7. The van der Waals surface area contributed by atoms with Crippen LogP contribution in [0.15, 0.2) is 53.5 Å². The van der Waals surface area contributed by atoms with E-state index in [2.05, 4.69) is 77.9 Å². The predicted molar refractivity (Wildman–Crippen MR) is 133 cm³/mol. The van der Waals surface area contributed by atoms with Gasteiger partial charge in [0.05, 0.1) is 13.7 Å². The van der Waals surface area contributed by atoms with Crippen LogP contribution in [0.4, 0.5) is 5.69 Å². The summed E-state index contributed by atoms with van der Waals surface area (Å²) in [4.78, 5) is 7.23. The summed E-state index contributed by atoms with van der Waals surface area (Å²) in [6.07, 6.45) is 1.20. The molecule has 6 heteroatoms. The van der Waals surface area contributed by atoms with Gasteiger partial charge in [-0.1, -0.05) is 30.3 Å². The van der Waals surface area contributed by atoms with E-state index in [1.54, 1.807) is 7.11 Å². The number of anilines is 1. The van der Waals surface area contributed by atoms with E-state index in [0.717, 1.165) is 43.5 Å². The number of aryl methyl sites for hydroxylation is 1. The molecule has 1 fully saturated rings. The summed E-state index contributed by atoms with van der Waals surface area (Å²) in [5, 5.41) is 6.88. The third-order valence-corrected chi connectivity index (χ3v) is 5.16. The first-order chi connectivity index (χ1) is 13.7. The van der Waals surface area contributed by atoms with Gasteiger partial charge in [-0.15, -0.1) is 24.0 Å². The standard InChI is InChI=1S/C23H32N4O.HI/c1-4-24-23(26-16-20-11-10-18(2)14-22(20)28-3)25-15-19-12-13-27(17-19)21-8-6-5-7-9-21;/h5-11,14,19H,4,12-13,15-17H2,1-3H3,(H2,24,25,26);1H. The van der Waals surface area contributed by atoms with Crippen LogP contribution in [0.5, 0.6) is 5.75 Å². The average molecular weight is 508 g/mol. The fourth-order valence-corrected chi connectivity index (χ4v) is 3.60. The van der Waals surface area contributed by atoms with Crippen molar-refractivity contribution in [3.05, 3.63) is 59.7 Å². The maximum Gasteiger partial charge on any atom is 0.191 e. The first kappa shape index (κ1) is 23.3. The number of hydrogen-bond donors (Lipinski definition) is 2. The summed E-state index contributed by atoms with van der Waals surface area (Å²) >= 11 is 0. The summed E-state index contributed by atoms with van der Waals surface area (Å²) in [7, 11) is 1.71. The third kappa shape index (κ3) is 6.80. The van der Waals surface area contributed by atoms with Gasteiger partial charge in [0.25, 0.3) is 0 Å². The monoisotopic (exact) mass is 508 g/mol. The van der Waals surface area contributed by atoms with E-state index >= 15 is 0 Å². The van der Waals surface area contributed by atoms with Crippen LogP contribution in [-0.2, 0) is 6.54 Å². The molecule has 0 amide bonds. The van der Waals surface area contributed by atoms with Crippen molar-refractivity contribution in [1.29, 1.82) is 0 Å². The number of hydrogen-bond acceptors (Lipinski definition) is 3. The minimum Gasteiger partial charge on any atom is -0.496 e. The van der Waals surface area contributed by atoms with E-state index in [0.29, 0.717) is 12.5 Å². The molecule has 5 nitrogen and oxygen atoms in total. The maximum atomic E-state index is 5.50. The predicted octanol–water partition coefficient (Wildman–Crippen LogP) is 4.20. The Morgan fingerprint density at radius 1 is 1.17 bits per heavy atom. The molecular formula is C23H33IN4O. The number of ether oxygens (including phenoxy) is 1. The van der Waals surface area contributed by atoms with Gasteiger partial charge in [-0.3, -0.25) is 0 Å². The number of aliphatic imine (C=N–C) groups is 1. The van der Waals surface area contributed by atoms with E-state index < -0.39 is 0 Å². The molecule has 0 spiro atoms. The van der Waals surface area contributed by atoms with Gasteiger partial charge in [-0.05, 0) is 49.9 Å². The summed E-state index contributed by atoms with van der Waals surface area (Å²) in [5.74, 6) is 2.38. The Morgan fingerprint density at radius 2 is 1.97 bits per heavy atom. The van der Waals surface area contributed by atoms with Gasteiger partial charge in [0.15, 0.2) is 5.96 Å². The minimum absolute atomic E-state index is 0. The van der Waals surface area contributed by atoms with Crippen LogP contribution >= 0.6 is 24.0 Å². The Hall–Kier alpha value is -1.96. The molecule has 1 heterocycles. The molecule has 1 aliphatic heterocycles. The van der Waals surface area contributed by atoms with Crippen LogP contribution in [0.25, 0.3) is 0 Å². The summed E-state index contributed by atoms with van der Waals surface area (Å²) in [6.45, 7) is 8.74. The number of halogens is 1. The molecule has 158 valence electrons. The highest BCUT2D eigenvalue weighted by molar-refractivity contribution is 14.0. The molecule has 2 aromatic rings. The lowest BCUT2D eigenvalue weighted by atomic mass is 10.1. The van der Waals surface area contributed by atoms with Crippen molar-refractivity contribution >= 4 is 35.6 Å². The lowest BCUT2D eigenvalue weighted by Crippen LogP contribution is -2.40. The fraction of sp³-hybridized carbons (Fsp3) is 0.435. The van der Waals surface area contributed by atoms with E-state index in [4.69, 9.17) is 9.73 Å². The van der Waals surface area contributed by atoms with E-state index in [1.165, 1.54) is 17.7 Å². The molecule has 0 aliphatic carbocycles. The van der Waals surface area contributed by atoms with Gasteiger partial charge in [-0.25, -0.2) is 4.99 Å². The SMILES string of the molecule is CCNC(=NCc1ccc(C)cc1OC)NCC1CCN(c2ccccc2)C1.I. The first-order valence-corrected chi connectivity index (χ1v) is 10.1. The van der Waals surface area contributed by atoms with Gasteiger partial charge in [0.2, 0.25) is 0 Å². The summed E-state index contributed by atoms with van der Waals surface area (Å²) in [5.41, 5.74) is 3.61. The van der Waals surface area contributed by atoms with Gasteiger partial charge >= 0.3 is 0 Å². The zero-order chi connectivity index (χ0) is 19.8. The number of nitrogens with one attached hydrogen (secondary N) is 2. The first-order valence-electron chi connectivity index (χ1n) is 10.1. The molecule has 0 aromatic heterocycles. The van der Waals surface area contributed by atoms with Crippen LogP contribution in [-0.4, -0.2) is 39.2 Å². The zero-order valence-electron chi connectivity index (χ0n) is 17.6. The Kier molecular flexibility index (Phi) is 9.57. The van der Waals surface area contributed by atoms with Crippen molar-refractivity contribution < 1.29 is 4.74 Å². The Labute approximate surface area is 192 Å². The third-order valence-electron chi connectivity index (χ3n) is 5.16. The molecule has 29 heavy (non-hydrogen) atoms. The van der Waals surface area contributed by atoms with Crippen LogP contribution in [0.1, 0.15) is 24.5 Å². The molecular weight excluding hydrogens is 475 g/mol. The van der Waals surface area contributed by atoms with Gasteiger partial charge < -0.3 is 20.3 Å². The number of para-hydroxylation sites is 1. The van der Waals surface area contributed by atoms with E-state index in [1.807, 2.05) is 0 Å². The van der Waals surface area contributed by atoms with Gasteiger partial charge in [-0.2, -0.15) is 0 Å². The molecule has 0 saturated carbocycles. The summed E-state index contributed by atoms with van der Waals surface area (Å²) in [6, 6.07) is 16.9. The van der Waals surface area contributed by atoms with Crippen molar-refractivity contribution in [3.63, 3.8) is 0 Å². The van der Waals surface area contributed by atoms with E-state index in [-0.39, 0.29) is 24.0 Å². The van der Waals surface area contributed by atoms with Crippen molar-refractivity contribution in [3.8, 4) is 5.75 Å². The topological polar surface area (TPSA) is 48.9 Å². The van der Waals surface area contributed by atoms with Crippen molar-refractivity contribution in [1.82, 2.24) is 10.6 Å². The largest absolute Gasteiger partial charge is 0.496 e. The Balaban J connectivity index is 0.00000300. The lowest BCUT2D eigenvalue weighted by Gasteiger charge is -2.19. The van der Waals surface area contributed by atoms with Crippen LogP contribution < -0.4 is 20.3 Å². The smallest absolute Gasteiger partial charge is 0.191 e. The Morgan fingerprint density at radius 3 is 2.69 bits per heavy atom. The molecule has 2 aromatic carbocycles. The number of methoxy groups -OCH3 is 1. The van der Waals surface area contributed by atoms with Crippen LogP contribution in [0.3, 0.4) is 0 Å². The maximum absolute atomic E-state index is 5.50. The average Bonchev–Trinajstić information content (AvgIpc) is 3.20. The second kappa shape index (κ2) is 11.9. The van der Waals surface area contributed by atoms with Gasteiger partial charge in [0.1, 0.15) is 5.75 Å². The van der Waals surface area contributed by atoms with Crippen molar-refractivity contribution in [2.24, 2.45) is 10.9 Å². The normalized spacial score (nSPS) is 16.3. The molecule has 1 saturated heterocycles. The van der Waals surface area contributed by atoms with Gasteiger partial charge in [0, 0.05) is 37.4 Å². The zero-order valence-corrected chi connectivity index (χ0v) is 20.0. The van der Waals surface area contributed by atoms with Crippen molar-refractivity contribution in [2.75, 3.05) is 38.2 Å². The molecule has 3 rings (SSSR count).